The molecular formula is C21H21ClO2. The van der Waals surface area contributed by atoms with Crippen molar-refractivity contribution in [2.45, 2.75) is 33.6 Å². The minimum Gasteiger partial charge on any atom is -0.507 e. The first-order chi connectivity index (χ1) is 11.4. The largest absolute Gasteiger partial charge is 0.507 e. The highest BCUT2D eigenvalue weighted by molar-refractivity contribution is 6.31. The quantitative estimate of drug-likeness (QED) is 0.644. The predicted octanol–water partition coefficient (Wildman–Crippen LogP) is 5.67. The van der Waals surface area contributed by atoms with E-state index >= 15 is 0 Å². The first-order valence-corrected chi connectivity index (χ1v) is 8.50. The third kappa shape index (κ3) is 2.94. The van der Waals surface area contributed by atoms with Crippen LogP contribution in [0.25, 0.3) is 10.8 Å². The van der Waals surface area contributed by atoms with Gasteiger partial charge in [-0.3, -0.25) is 0 Å². The summed E-state index contributed by atoms with van der Waals surface area (Å²) in [4.78, 5) is 0. The summed E-state index contributed by atoms with van der Waals surface area (Å²) in [5, 5.41) is 22.9. The van der Waals surface area contributed by atoms with Gasteiger partial charge < -0.3 is 10.2 Å². The Kier molecular flexibility index (Phi) is 4.42. The lowest BCUT2D eigenvalue weighted by Gasteiger charge is -2.14. The third-order valence-electron chi connectivity index (χ3n) is 4.56. The maximum Gasteiger partial charge on any atom is 0.126 e. The molecule has 2 nitrogen and oxygen atoms in total. The van der Waals surface area contributed by atoms with Crippen LogP contribution in [0.5, 0.6) is 11.5 Å². The van der Waals surface area contributed by atoms with Gasteiger partial charge >= 0.3 is 0 Å². The number of rotatable bonds is 3. The Balaban J connectivity index is 2.18. The molecule has 3 heteroatoms. The average Bonchev–Trinajstić information content (AvgIpc) is 2.55. The van der Waals surface area contributed by atoms with Crippen molar-refractivity contribution in [1.29, 1.82) is 0 Å². The van der Waals surface area contributed by atoms with E-state index < -0.39 is 0 Å². The molecule has 0 spiro atoms. The molecule has 0 saturated carbocycles. The average molecular weight is 341 g/mol. The lowest BCUT2D eigenvalue weighted by Crippen LogP contribution is -1.96. The van der Waals surface area contributed by atoms with Crippen molar-refractivity contribution in [3.63, 3.8) is 0 Å². The lowest BCUT2D eigenvalue weighted by molar-refractivity contribution is 0.466. The van der Waals surface area contributed by atoms with Crippen molar-refractivity contribution in [3.8, 4) is 11.5 Å². The summed E-state index contributed by atoms with van der Waals surface area (Å²) in [6.07, 6.45) is 1.50. The number of phenols is 2. The van der Waals surface area contributed by atoms with E-state index in [1.165, 1.54) is 0 Å². The zero-order chi connectivity index (χ0) is 17.4. The second-order valence-electron chi connectivity index (χ2n) is 6.34. The van der Waals surface area contributed by atoms with Crippen LogP contribution in [0.1, 0.15) is 34.7 Å². The summed E-state index contributed by atoms with van der Waals surface area (Å²) < 4.78 is 0. The van der Waals surface area contributed by atoms with Gasteiger partial charge in [0.1, 0.15) is 11.5 Å². The molecule has 124 valence electrons. The first kappa shape index (κ1) is 16.7. The number of phenolic OH excluding ortho intramolecular Hbond substituents is 2. The molecule has 2 N–H and O–H groups in total. The second kappa shape index (κ2) is 6.37. The molecule has 0 aromatic heterocycles. The molecule has 0 aliphatic carbocycles. The molecule has 0 unspecified atom stereocenters. The zero-order valence-corrected chi connectivity index (χ0v) is 14.9. The van der Waals surface area contributed by atoms with Crippen molar-refractivity contribution in [2.24, 2.45) is 0 Å². The molecule has 0 bridgehead atoms. The van der Waals surface area contributed by atoms with Crippen LogP contribution in [0.4, 0.5) is 0 Å². The molecule has 0 radical (unpaired) electrons. The van der Waals surface area contributed by atoms with Gasteiger partial charge in [-0.15, -0.1) is 0 Å². The molecular weight excluding hydrogens is 320 g/mol. The highest BCUT2D eigenvalue weighted by Gasteiger charge is 2.12. The van der Waals surface area contributed by atoms with Crippen molar-refractivity contribution in [2.75, 3.05) is 0 Å². The summed E-state index contributed by atoms with van der Waals surface area (Å²) in [7, 11) is 0. The summed E-state index contributed by atoms with van der Waals surface area (Å²) in [5.41, 5.74) is 4.96. The summed E-state index contributed by atoms with van der Waals surface area (Å²) in [5.74, 6) is 0.692. The summed E-state index contributed by atoms with van der Waals surface area (Å²) >= 11 is 6.18. The van der Waals surface area contributed by atoms with Crippen LogP contribution in [0.3, 0.4) is 0 Å². The highest BCUT2D eigenvalue weighted by atomic mass is 35.5. The first-order valence-electron chi connectivity index (χ1n) is 8.12. The van der Waals surface area contributed by atoms with Crippen molar-refractivity contribution in [1.82, 2.24) is 0 Å². The molecule has 0 aliphatic heterocycles. The standard InChI is InChI=1S/C21H21ClO2/c1-4-15-10-16(9-14-7-12(2)20(23)13(3)8-14)19-11-17(22)5-6-18(19)21(15)24/h5-8,10-11,23-24H,4,9H2,1-3H3. The molecule has 0 fully saturated rings. The SMILES string of the molecule is CCc1cc(Cc2cc(C)c(O)c(C)c2)c2cc(Cl)ccc2c1O. The number of halogens is 1. The van der Waals surface area contributed by atoms with E-state index in [2.05, 4.69) is 6.07 Å². The minimum absolute atomic E-state index is 0.339. The monoisotopic (exact) mass is 340 g/mol. The Morgan fingerprint density at radius 2 is 1.50 bits per heavy atom. The third-order valence-corrected chi connectivity index (χ3v) is 4.80. The Hall–Kier alpha value is -2.19. The lowest BCUT2D eigenvalue weighted by atomic mass is 9.93. The maximum atomic E-state index is 10.5. The fraction of sp³-hybridized carbons (Fsp3) is 0.238. The van der Waals surface area contributed by atoms with Crippen molar-refractivity contribution < 1.29 is 10.2 Å². The second-order valence-corrected chi connectivity index (χ2v) is 6.78. The van der Waals surface area contributed by atoms with Gasteiger partial charge in [-0.25, -0.2) is 0 Å². The van der Waals surface area contributed by atoms with E-state index in [0.29, 0.717) is 16.5 Å². The number of hydrogen-bond donors (Lipinski definition) is 2. The molecule has 24 heavy (non-hydrogen) atoms. The van der Waals surface area contributed by atoms with Crippen LogP contribution in [0, 0.1) is 13.8 Å². The van der Waals surface area contributed by atoms with Gasteiger partial charge in [-0.2, -0.15) is 0 Å². The van der Waals surface area contributed by atoms with Crippen LogP contribution < -0.4 is 0 Å². The van der Waals surface area contributed by atoms with Crippen LogP contribution >= 0.6 is 11.6 Å². The van der Waals surface area contributed by atoms with E-state index in [0.717, 1.165) is 51.4 Å². The predicted molar refractivity (Wildman–Crippen MR) is 100 cm³/mol. The van der Waals surface area contributed by atoms with Crippen LogP contribution in [0.2, 0.25) is 5.02 Å². The van der Waals surface area contributed by atoms with E-state index in [1.54, 1.807) is 0 Å². The Morgan fingerprint density at radius 3 is 2.12 bits per heavy atom. The fourth-order valence-electron chi connectivity index (χ4n) is 3.30. The fourth-order valence-corrected chi connectivity index (χ4v) is 3.47. The van der Waals surface area contributed by atoms with Crippen LogP contribution in [-0.2, 0) is 12.8 Å². The molecule has 3 aromatic carbocycles. The highest BCUT2D eigenvalue weighted by Crippen LogP contribution is 2.35. The van der Waals surface area contributed by atoms with Gasteiger partial charge in [0.25, 0.3) is 0 Å². The molecule has 0 amide bonds. The van der Waals surface area contributed by atoms with E-state index in [9.17, 15) is 10.2 Å². The van der Waals surface area contributed by atoms with Crippen molar-refractivity contribution >= 4 is 22.4 Å². The number of hydrogen-bond acceptors (Lipinski definition) is 2. The van der Waals surface area contributed by atoms with Gasteiger partial charge in [-0.1, -0.05) is 36.7 Å². The summed E-state index contributed by atoms with van der Waals surface area (Å²) in [6, 6.07) is 11.7. The number of aryl methyl sites for hydroxylation is 3. The van der Waals surface area contributed by atoms with E-state index in [4.69, 9.17) is 11.6 Å². The van der Waals surface area contributed by atoms with Gasteiger partial charge in [0.05, 0.1) is 0 Å². The number of aromatic hydroxyl groups is 2. The Morgan fingerprint density at radius 1 is 0.833 bits per heavy atom. The molecule has 0 atom stereocenters. The van der Waals surface area contributed by atoms with Gasteiger partial charge in [0.15, 0.2) is 0 Å². The molecule has 0 aliphatic rings. The summed E-state index contributed by atoms with van der Waals surface area (Å²) in [6.45, 7) is 5.86. The van der Waals surface area contributed by atoms with Crippen LogP contribution in [0.15, 0.2) is 36.4 Å². The molecule has 0 saturated heterocycles. The Labute approximate surface area is 147 Å². The molecule has 0 heterocycles. The zero-order valence-electron chi connectivity index (χ0n) is 14.2. The van der Waals surface area contributed by atoms with Crippen molar-refractivity contribution in [3.05, 3.63) is 69.2 Å². The topological polar surface area (TPSA) is 40.5 Å². The Bertz CT molecular complexity index is 906. The van der Waals surface area contributed by atoms with Gasteiger partial charge in [-0.05, 0) is 78.1 Å². The smallest absolute Gasteiger partial charge is 0.126 e. The number of fused-ring (bicyclic) bond motifs is 1. The van der Waals surface area contributed by atoms with Gasteiger partial charge in [0, 0.05) is 10.4 Å². The normalized spacial score (nSPS) is 11.2. The number of benzene rings is 3. The van der Waals surface area contributed by atoms with E-state index in [1.807, 2.05) is 51.1 Å². The molecule has 3 rings (SSSR count). The van der Waals surface area contributed by atoms with Gasteiger partial charge in [0.2, 0.25) is 0 Å². The van der Waals surface area contributed by atoms with Crippen LogP contribution in [-0.4, -0.2) is 10.2 Å². The maximum absolute atomic E-state index is 10.5. The minimum atomic E-state index is 0.339. The molecule has 3 aromatic rings. The van der Waals surface area contributed by atoms with E-state index in [-0.39, 0.29) is 0 Å².